The smallest absolute Gasteiger partial charge is 1.00 e. The molecule has 0 amide bonds. The van der Waals surface area contributed by atoms with Crippen molar-refractivity contribution in [3.8, 4) is 0 Å². The van der Waals surface area contributed by atoms with Gasteiger partial charge >= 0.3 is 23.1 Å². The van der Waals surface area contributed by atoms with Crippen LogP contribution >= 0.6 is 11.6 Å². The second-order valence-electron chi connectivity index (χ2n) is 2.02. The van der Waals surface area contributed by atoms with Crippen LogP contribution in [0.15, 0.2) is 24.3 Å². The van der Waals surface area contributed by atoms with Crippen LogP contribution in [0.25, 0.3) is 0 Å². The molecule has 1 rings (SSSR count). The van der Waals surface area contributed by atoms with Gasteiger partial charge in [-0.1, -0.05) is 11.4 Å². The molecule has 0 aliphatic rings. The minimum Gasteiger partial charge on any atom is -1.00 e. The van der Waals surface area contributed by atoms with Crippen molar-refractivity contribution in [3.63, 3.8) is 0 Å². The zero-order valence-corrected chi connectivity index (χ0v) is 9.28. The fraction of sp³-hybridized carbons (Fsp3) is 0.125. The fourth-order valence-electron chi connectivity index (χ4n) is 0.639. The van der Waals surface area contributed by atoms with E-state index in [9.17, 15) is 0 Å². The van der Waals surface area contributed by atoms with E-state index in [0.29, 0.717) is 0 Å². The summed E-state index contributed by atoms with van der Waals surface area (Å²) in [5, 5.41) is 0. The normalized spacial score (nSPS) is 7.45. The van der Waals surface area contributed by atoms with Crippen LogP contribution in [0.3, 0.4) is 0 Å². The molecular weight excluding hydrogens is 191 g/mol. The Bertz CT molecular complexity index is 184. The molecule has 0 radical (unpaired) electrons. The van der Waals surface area contributed by atoms with Crippen LogP contribution < -0.4 is 12.4 Å². The van der Waals surface area contributed by atoms with Gasteiger partial charge in [-0.3, -0.25) is 0 Å². The summed E-state index contributed by atoms with van der Waals surface area (Å²) in [5.74, 6) is 1.57. The predicted molar refractivity (Wildman–Crippen MR) is 46.2 cm³/mol. The molecule has 0 atom stereocenters. The van der Waals surface area contributed by atoms with Crippen LogP contribution in [-0.4, -0.2) is 23.1 Å². The molecule has 56 valence electrons. The van der Waals surface area contributed by atoms with Crippen LogP contribution in [0.4, 0.5) is 0 Å². The molecule has 1 aromatic carbocycles. The Kier molecular flexibility index (Phi) is 9.04. The van der Waals surface area contributed by atoms with Gasteiger partial charge in [0.25, 0.3) is 0 Å². The van der Waals surface area contributed by atoms with Crippen molar-refractivity contribution in [2.24, 2.45) is 0 Å². The van der Waals surface area contributed by atoms with Gasteiger partial charge in [-0.25, -0.2) is 0 Å². The number of benzene rings is 1. The van der Waals surface area contributed by atoms with E-state index in [0.717, 1.165) is 5.56 Å². The minimum absolute atomic E-state index is 0. The van der Waals surface area contributed by atoms with E-state index in [1.807, 2.05) is 24.3 Å². The Morgan fingerprint density at radius 1 is 1.18 bits per heavy atom. The van der Waals surface area contributed by atoms with Crippen molar-refractivity contribution >= 4 is 34.7 Å². The second-order valence-corrected chi connectivity index (χ2v) is 2.24. The monoisotopic (exact) mass is 198 g/mol. The van der Waals surface area contributed by atoms with Gasteiger partial charge in [0.15, 0.2) is 0 Å². The van der Waals surface area contributed by atoms with Gasteiger partial charge in [0.2, 0.25) is 0 Å². The Labute approximate surface area is 94.9 Å². The first kappa shape index (κ1) is 14.0. The molecule has 0 aromatic heterocycles. The van der Waals surface area contributed by atoms with Gasteiger partial charge in [-0.05, 0) is 6.92 Å². The van der Waals surface area contributed by atoms with Gasteiger partial charge in [0, 0.05) is 0 Å². The molecule has 0 aliphatic heterocycles. The summed E-state index contributed by atoms with van der Waals surface area (Å²) in [4.78, 5) is 0. The van der Waals surface area contributed by atoms with Crippen molar-refractivity contribution < 1.29 is 12.4 Å². The Morgan fingerprint density at radius 3 is 2.00 bits per heavy atom. The molecule has 0 spiro atoms. The molecule has 0 N–H and O–H groups in total. The third kappa shape index (κ3) is 4.80. The van der Waals surface area contributed by atoms with E-state index < -0.39 is 0 Å². The Hall–Kier alpha value is 0.436. The molecule has 3 heteroatoms. The number of rotatable bonds is 1. The van der Waals surface area contributed by atoms with E-state index in [1.54, 1.807) is 5.88 Å². The van der Waals surface area contributed by atoms with Gasteiger partial charge < -0.3 is 12.4 Å². The first-order valence-corrected chi connectivity index (χ1v) is 3.26. The molecular formula is C8H8Cl2Mg. The fourth-order valence-corrected chi connectivity index (χ4v) is 0.785. The zero-order valence-electron chi connectivity index (χ0n) is 6.35. The molecule has 0 fully saturated rings. The number of halogens is 2. The van der Waals surface area contributed by atoms with Crippen LogP contribution in [0.5, 0.6) is 0 Å². The van der Waals surface area contributed by atoms with E-state index in [4.69, 9.17) is 11.6 Å². The van der Waals surface area contributed by atoms with E-state index >= 15 is 0 Å². The Balaban J connectivity index is 0. The van der Waals surface area contributed by atoms with Crippen molar-refractivity contribution in [2.45, 2.75) is 6.92 Å². The quantitative estimate of drug-likeness (QED) is 0.417. The minimum atomic E-state index is 0. The number of aryl methyl sites for hydroxylation is 1. The van der Waals surface area contributed by atoms with Crippen LogP contribution in [-0.2, 0) is 0 Å². The average Bonchev–Trinajstić information content (AvgIpc) is 1.90. The molecule has 0 nitrogen and oxygen atoms in total. The third-order valence-corrected chi connectivity index (χ3v) is 1.46. The summed E-state index contributed by atoms with van der Waals surface area (Å²) in [6.45, 7) is 2.05. The summed E-state index contributed by atoms with van der Waals surface area (Å²) < 4.78 is 0. The van der Waals surface area contributed by atoms with Crippen molar-refractivity contribution in [3.05, 3.63) is 41.3 Å². The van der Waals surface area contributed by atoms with Crippen molar-refractivity contribution in [1.29, 1.82) is 0 Å². The summed E-state index contributed by atoms with van der Waals surface area (Å²) in [7, 11) is 0. The van der Waals surface area contributed by atoms with Gasteiger partial charge in [-0.2, -0.15) is 29.3 Å². The maximum atomic E-state index is 5.45. The Morgan fingerprint density at radius 2 is 1.64 bits per heavy atom. The topological polar surface area (TPSA) is 0 Å². The molecule has 0 saturated heterocycles. The van der Waals surface area contributed by atoms with Crippen LogP contribution in [0.2, 0.25) is 0 Å². The molecule has 11 heavy (non-hydrogen) atoms. The van der Waals surface area contributed by atoms with Crippen molar-refractivity contribution in [2.75, 3.05) is 0 Å². The summed E-state index contributed by atoms with van der Waals surface area (Å²) >= 11 is 5.45. The van der Waals surface area contributed by atoms with Gasteiger partial charge in [0.05, 0.1) is 0 Å². The maximum absolute atomic E-state index is 5.45. The zero-order chi connectivity index (χ0) is 6.69. The second kappa shape index (κ2) is 7.11. The predicted octanol–water partition coefficient (Wildman–Crippen LogP) is -0.633. The van der Waals surface area contributed by atoms with E-state index in [2.05, 4.69) is 6.92 Å². The molecule has 0 heterocycles. The average molecular weight is 199 g/mol. The number of hydrogen-bond acceptors (Lipinski definition) is 0. The summed E-state index contributed by atoms with van der Waals surface area (Å²) in [6, 6.07) is 8.05. The molecule has 0 unspecified atom stereocenters. The molecule has 0 aliphatic carbocycles. The SMILES string of the molecule is Cc1ccc([CH-]Cl)cc1.[Cl-].[Mg+2]. The first-order valence-electron chi connectivity index (χ1n) is 2.83. The maximum Gasteiger partial charge on any atom is 2.00 e. The van der Waals surface area contributed by atoms with E-state index in [1.165, 1.54) is 5.56 Å². The largest absolute Gasteiger partial charge is 2.00 e. The summed E-state index contributed by atoms with van der Waals surface area (Å²) in [6.07, 6.45) is 0. The van der Waals surface area contributed by atoms with Gasteiger partial charge in [-0.15, -0.1) is 12.1 Å². The first-order chi connectivity index (χ1) is 4.33. The van der Waals surface area contributed by atoms with E-state index in [-0.39, 0.29) is 35.5 Å². The van der Waals surface area contributed by atoms with Crippen LogP contribution in [0.1, 0.15) is 11.1 Å². The van der Waals surface area contributed by atoms with Crippen molar-refractivity contribution in [1.82, 2.24) is 0 Å². The number of hydrogen-bond donors (Lipinski definition) is 0. The molecule has 0 saturated carbocycles. The van der Waals surface area contributed by atoms with Gasteiger partial charge in [0.1, 0.15) is 0 Å². The molecule has 1 aromatic rings. The third-order valence-electron chi connectivity index (χ3n) is 1.20. The standard InChI is InChI=1S/C8H8Cl.ClH.Mg/c1-7-2-4-8(6-9)5-3-7;;/h2-6H,1H3;1H;/q-1;;+2/p-1. The van der Waals surface area contributed by atoms with Crippen LogP contribution in [0, 0.1) is 12.8 Å². The summed E-state index contributed by atoms with van der Waals surface area (Å²) in [5.41, 5.74) is 2.32. The molecule has 0 bridgehead atoms.